The van der Waals surface area contributed by atoms with E-state index in [1.54, 1.807) is 26.0 Å². The number of phenols is 2. The Morgan fingerprint density at radius 3 is 1.81 bits per heavy atom. The van der Waals surface area contributed by atoms with Crippen LogP contribution in [-0.2, 0) is 51.2 Å². The molecule has 0 bridgehead atoms. The van der Waals surface area contributed by atoms with Crippen LogP contribution in [0.15, 0.2) is 48.5 Å². The first kappa shape index (κ1) is 60.3. The van der Waals surface area contributed by atoms with E-state index in [0.29, 0.717) is 49.1 Å². The Hall–Kier alpha value is -5.97. The van der Waals surface area contributed by atoms with Gasteiger partial charge in [0.05, 0.1) is 12.1 Å². The van der Waals surface area contributed by atoms with E-state index >= 15 is 0 Å². The zero-order valence-corrected chi connectivity index (χ0v) is 43.1. The molecule has 0 unspecified atom stereocenters. The van der Waals surface area contributed by atoms with Crippen LogP contribution in [-0.4, -0.2) is 152 Å². The number of aliphatic hydroxyl groups excluding tert-OH is 1. The first-order chi connectivity index (χ1) is 34.1. The molecule has 8 atom stereocenters. The van der Waals surface area contributed by atoms with Gasteiger partial charge in [0, 0.05) is 19.4 Å². The summed E-state index contributed by atoms with van der Waals surface area (Å²) < 4.78 is 0. The van der Waals surface area contributed by atoms with Crippen LogP contribution in [0.1, 0.15) is 104 Å². The summed E-state index contributed by atoms with van der Waals surface area (Å²) in [5.74, 6) is -5.98. The smallest absolute Gasteiger partial charge is 0.326 e. The zero-order chi connectivity index (χ0) is 53.7. The van der Waals surface area contributed by atoms with Gasteiger partial charge in [0.15, 0.2) is 0 Å². The number of aliphatic hydroxyl groups is 1. The molecule has 7 amide bonds. The number of amides is 7. The summed E-state index contributed by atoms with van der Waals surface area (Å²) >= 11 is 1.46. The molecule has 1 fully saturated rings. The van der Waals surface area contributed by atoms with Crippen molar-refractivity contribution in [2.75, 3.05) is 25.1 Å². The van der Waals surface area contributed by atoms with E-state index in [4.69, 9.17) is 11.5 Å². The van der Waals surface area contributed by atoms with Gasteiger partial charge in [-0.05, 0) is 125 Å². The summed E-state index contributed by atoms with van der Waals surface area (Å²) in [7, 11) is 0. The quantitative estimate of drug-likeness (QED) is 0.0479. The molecule has 400 valence electrons. The number of aliphatic carboxylic acids is 1. The summed E-state index contributed by atoms with van der Waals surface area (Å²) in [5, 5.41) is 56.7. The van der Waals surface area contributed by atoms with Crippen molar-refractivity contribution in [2.45, 2.75) is 159 Å². The van der Waals surface area contributed by atoms with Gasteiger partial charge < -0.3 is 68.7 Å². The third-order valence-electron chi connectivity index (χ3n) is 12.8. The van der Waals surface area contributed by atoms with Gasteiger partial charge in [-0.1, -0.05) is 52.0 Å². The lowest BCUT2D eigenvalue weighted by molar-refractivity contribution is -0.144. The van der Waals surface area contributed by atoms with Crippen molar-refractivity contribution in [1.29, 1.82) is 0 Å². The molecule has 1 heterocycles. The average Bonchev–Trinajstić information content (AvgIpc) is 3.84. The van der Waals surface area contributed by atoms with Crippen LogP contribution in [0.25, 0.3) is 0 Å². The number of nitrogens with two attached hydrogens (primary N) is 2. The molecule has 0 aliphatic carbocycles. The van der Waals surface area contributed by atoms with Crippen molar-refractivity contribution in [2.24, 2.45) is 17.4 Å². The van der Waals surface area contributed by atoms with Gasteiger partial charge in [-0.25, -0.2) is 4.79 Å². The van der Waals surface area contributed by atoms with Gasteiger partial charge in [0.25, 0.3) is 0 Å². The number of carbonyl (C=O) groups is 8. The van der Waals surface area contributed by atoms with E-state index in [1.165, 1.54) is 60.0 Å². The third kappa shape index (κ3) is 18.3. The largest absolute Gasteiger partial charge is 0.508 e. The molecule has 22 heteroatoms. The monoisotopic (exact) mass is 1030 g/mol. The van der Waals surface area contributed by atoms with Crippen molar-refractivity contribution in [3.8, 4) is 11.5 Å². The highest BCUT2D eigenvalue weighted by Gasteiger charge is 2.43. The first-order valence-corrected chi connectivity index (χ1v) is 26.1. The number of unbranched alkanes of at least 4 members (excludes halogenated alkanes) is 1. The van der Waals surface area contributed by atoms with Crippen LogP contribution < -0.4 is 43.4 Å². The van der Waals surface area contributed by atoms with E-state index in [0.717, 1.165) is 0 Å². The minimum Gasteiger partial charge on any atom is -0.508 e. The highest BCUT2D eigenvalue weighted by Crippen LogP contribution is 2.23. The number of nitrogens with one attached hydrogen (secondary N) is 6. The number of carbonyl (C=O) groups excluding carboxylic acids is 7. The number of rotatable bonds is 30. The maximum absolute atomic E-state index is 14.6. The standard InChI is InChI=1S/C50H77N9O12S/c1-7-50(8-2,49(71)56-37(48(69)70)12-9-10-23-51)58-44(65)38(27-31-14-18-33(61)19-15-31)54-46(67)41(30(5)60)57-45(66)40-13-11-24-59(40)47(68)39(28-32-16-20-34(62)21-17-32)55-43(64)36(22-25-72-6)53-42(63)35(52)26-29(3)4/h14-21,29-30,35-41,60-62H,7-13,22-28,51-52H2,1-6H3,(H,53,63)(H,54,67)(H,55,64)(H,56,71)(H,57,66)(H,58,65)(H,69,70)/t30-,35-,36+,37+,38+,39+,40+,41+/m1/s1. The summed E-state index contributed by atoms with van der Waals surface area (Å²) in [6.45, 7) is 8.76. The Morgan fingerprint density at radius 1 is 0.736 bits per heavy atom. The van der Waals surface area contributed by atoms with Crippen molar-refractivity contribution < 1.29 is 58.8 Å². The van der Waals surface area contributed by atoms with Gasteiger partial charge >= 0.3 is 5.97 Å². The lowest BCUT2D eigenvalue weighted by Crippen LogP contribution is -2.65. The van der Waals surface area contributed by atoms with Gasteiger partial charge in [0.1, 0.15) is 53.3 Å². The van der Waals surface area contributed by atoms with Crippen molar-refractivity contribution >= 4 is 59.1 Å². The topological polar surface area (TPSA) is 345 Å². The lowest BCUT2D eigenvalue weighted by Gasteiger charge is -2.35. The number of carboxylic acid groups (broad SMARTS) is 1. The molecule has 1 aliphatic rings. The predicted octanol–water partition coefficient (Wildman–Crippen LogP) is 0.694. The fourth-order valence-corrected chi connectivity index (χ4v) is 8.88. The molecule has 72 heavy (non-hydrogen) atoms. The van der Waals surface area contributed by atoms with Crippen LogP contribution in [0.4, 0.5) is 0 Å². The number of aromatic hydroxyl groups is 2. The van der Waals surface area contributed by atoms with Crippen LogP contribution >= 0.6 is 11.8 Å². The second-order valence-electron chi connectivity index (χ2n) is 18.8. The highest BCUT2D eigenvalue weighted by atomic mass is 32.2. The molecule has 0 spiro atoms. The molecule has 1 saturated heterocycles. The molecule has 21 nitrogen and oxygen atoms in total. The molecule has 1 aliphatic heterocycles. The maximum Gasteiger partial charge on any atom is 0.326 e. The number of benzene rings is 2. The second-order valence-corrected chi connectivity index (χ2v) is 19.8. The number of carboxylic acids is 1. The third-order valence-corrected chi connectivity index (χ3v) is 13.4. The van der Waals surface area contributed by atoms with Gasteiger partial charge in [-0.2, -0.15) is 11.8 Å². The summed E-state index contributed by atoms with van der Waals surface area (Å²) in [6.07, 6.45) is 2.25. The SMILES string of the molecule is CCC(CC)(NC(=O)[C@H](Cc1ccc(O)cc1)NC(=O)[C@@H](NC(=O)[C@@H]1CCCN1C(=O)[C@H](Cc1ccc(O)cc1)NC(=O)[C@H](CCSC)NC(=O)[C@H](N)CC(C)C)[C@@H](C)O)C(=O)N[C@@H](CCCCN)C(=O)O. The van der Waals surface area contributed by atoms with E-state index in [2.05, 4.69) is 31.9 Å². The number of thioether (sulfide) groups is 1. The predicted molar refractivity (Wildman–Crippen MR) is 272 cm³/mol. The molecule has 2 aromatic rings. The first-order valence-electron chi connectivity index (χ1n) is 24.7. The van der Waals surface area contributed by atoms with Crippen LogP contribution in [0.3, 0.4) is 0 Å². The van der Waals surface area contributed by atoms with Crippen LogP contribution in [0.5, 0.6) is 11.5 Å². The van der Waals surface area contributed by atoms with Crippen LogP contribution in [0, 0.1) is 5.92 Å². The fraction of sp³-hybridized carbons (Fsp3) is 0.600. The molecule has 14 N–H and O–H groups in total. The number of likely N-dealkylation sites (tertiary alicyclic amines) is 1. The molecular formula is C50H77N9O12S. The van der Waals surface area contributed by atoms with Gasteiger partial charge in [-0.3, -0.25) is 33.6 Å². The van der Waals surface area contributed by atoms with Gasteiger partial charge in [0.2, 0.25) is 41.4 Å². The van der Waals surface area contributed by atoms with Crippen molar-refractivity contribution in [1.82, 2.24) is 36.8 Å². The molecule has 0 aromatic heterocycles. The van der Waals surface area contributed by atoms with Gasteiger partial charge in [-0.15, -0.1) is 0 Å². The number of phenolic OH excluding ortho intramolecular Hbond substituents is 2. The Bertz CT molecular complexity index is 2120. The summed E-state index contributed by atoms with van der Waals surface area (Å²) in [5.41, 5.74) is 11.1. The minimum atomic E-state index is -1.68. The Kier molecular flexibility index (Phi) is 24.7. The Morgan fingerprint density at radius 2 is 1.29 bits per heavy atom. The number of hydrogen-bond donors (Lipinski definition) is 12. The number of nitrogens with zero attached hydrogens (tertiary/aromatic N) is 1. The Balaban J connectivity index is 1.91. The number of hydrogen-bond acceptors (Lipinski definition) is 14. The summed E-state index contributed by atoms with van der Waals surface area (Å²) in [4.78, 5) is 112. The lowest BCUT2D eigenvalue weighted by atomic mass is 9.90. The van der Waals surface area contributed by atoms with E-state index < -0.39 is 101 Å². The normalized spacial score (nSPS) is 16.5. The molecule has 3 rings (SSSR count). The maximum atomic E-state index is 14.6. The van der Waals surface area contributed by atoms with E-state index in [-0.39, 0.29) is 68.9 Å². The molecule has 0 saturated carbocycles. The summed E-state index contributed by atoms with van der Waals surface area (Å²) in [6, 6.07) is 3.00. The molecule has 2 aromatic carbocycles. The van der Waals surface area contributed by atoms with Crippen molar-refractivity contribution in [3.63, 3.8) is 0 Å². The van der Waals surface area contributed by atoms with E-state index in [9.17, 15) is 58.8 Å². The van der Waals surface area contributed by atoms with Crippen LogP contribution in [0.2, 0.25) is 0 Å². The second kappa shape index (κ2) is 29.5. The fourth-order valence-electron chi connectivity index (χ4n) is 8.41. The Labute approximate surface area is 426 Å². The van der Waals surface area contributed by atoms with Crippen molar-refractivity contribution in [3.05, 3.63) is 59.7 Å². The zero-order valence-electron chi connectivity index (χ0n) is 42.3. The molecular weight excluding hydrogens is 951 g/mol. The van der Waals surface area contributed by atoms with E-state index in [1.807, 2.05) is 20.1 Å². The highest BCUT2D eigenvalue weighted by molar-refractivity contribution is 7.98. The minimum absolute atomic E-state index is 0.0260. The molecule has 0 radical (unpaired) electrons. The average molecular weight is 1030 g/mol.